The number of carbonyl (C=O) groups excluding carboxylic acids is 1. The third kappa shape index (κ3) is 3.43. The fourth-order valence-corrected chi connectivity index (χ4v) is 1.23. The summed E-state index contributed by atoms with van der Waals surface area (Å²) in [6, 6.07) is 2.00. The van der Waals surface area contributed by atoms with Gasteiger partial charge in [0.15, 0.2) is 0 Å². The number of aromatic nitrogens is 2. The summed E-state index contributed by atoms with van der Waals surface area (Å²) in [6.45, 7) is 2.37. The Labute approximate surface area is 88.5 Å². The van der Waals surface area contributed by atoms with Gasteiger partial charge in [0.05, 0.1) is 12.3 Å². The summed E-state index contributed by atoms with van der Waals surface area (Å²) < 4.78 is 0. The molecule has 0 aliphatic heterocycles. The monoisotopic (exact) mass is 206 g/mol. The Balaban J connectivity index is 2.38. The zero-order chi connectivity index (χ0) is 11.1. The van der Waals surface area contributed by atoms with Gasteiger partial charge in [-0.2, -0.15) is 10.4 Å². The molecule has 0 fully saturated rings. The third-order valence-electron chi connectivity index (χ3n) is 2.07. The first-order valence-corrected chi connectivity index (χ1v) is 4.93. The number of aromatic amines is 1. The number of nitrogens with zero attached hydrogens (tertiary/aromatic N) is 2. The number of H-pyrrole nitrogens is 1. The molecule has 0 aromatic carbocycles. The van der Waals surface area contributed by atoms with E-state index in [4.69, 9.17) is 5.26 Å². The van der Waals surface area contributed by atoms with E-state index in [2.05, 4.69) is 15.5 Å². The quantitative estimate of drug-likeness (QED) is 0.753. The van der Waals surface area contributed by atoms with Crippen molar-refractivity contribution in [3.63, 3.8) is 0 Å². The zero-order valence-corrected chi connectivity index (χ0v) is 8.66. The number of hydrogen-bond donors (Lipinski definition) is 2. The second-order valence-electron chi connectivity index (χ2n) is 3.29. The van der Waals surface area contributed by atoms with E-state index in [9.17, 15) is 4.79 Å². The molecule has 1 unspecified atom stereocenters. The predicted octanol–water partition coefficient (Wildman–Crippen LogP) is 0.966. The van der Waals surface area contributed by atoms with E-state index in [1.165, 1.54) is 0 Å². The van der Waals surface area contributed by atoms with Gasteiger partial charge in [-0.05, 0) is 6.42 Å². The summed E-state index contributed by atoms with van der Waals surface area (Å²) in [5.74, 6) is -0.748. The first-order chi connectivity index (χ1) is 7.27. The van der Waals surface area contributed by atoms with Crippen LogP contribution in [0, 0.1) is 17.2 Å². The molecule has 1 atom stereocenters. The van der Waals surface area contributed by atoms with Crippen molar-refractivity contribution >= 4 is 5.91 Å². The lowest BCUT2D eigenvalue weighted by Crippen LogP contribution is -2.29. The van der Waals surface area contributed by atoms with Crippen molar-refractivity contribution in [3.05, 3.63) is 18.0 Å². The minimum absolute atomic E-state index is 0.208. The summed E-state index contributed by atoms with van der Waals surface area (Å²) >= 11 is 0. The zero-order valence-electron chi connectivity index (χ0n) is 8.66. The van der Waals surface area contributed by atoms with E-state index in [1.807, 2.05) is 13.0 Å². The van der Waals surface area contributed by atoms with Crippen LogP contribution in [0.2, 0.25) is 0 Å². The molecule has 5 heteroatoms. The van der Waals surface area contributed by atoms with E-state index in [-0.39, 0.29) is 5.91 Å². The van der Waals surface area contributed by atoms with Crippen molar-refractivity contribution in [1.82, 2.24) is 15.5 Å². The lowest BCUT2D eigenvalue weighted by Gasteiger charge is -2.07. The number of carbonyl (C=O) groups is 1. The van der Waals surface area contributed by atoms with E-state index >= 15 is 0 Å². The van der Waals surface area contributed by atoms with Gasteiger partial charge in [0.2, 0.25) is 5.91 Å². The van der Waals surface area contributed by atoms with Crippen molar-refractivity contribution in [2.45, 2.75) is 26.3 Å². The van der Waals surface area contributed by atoms with Crippen LogP contribution in [0.25, 0.3) is 0 Å². The van der Waals surface area contributed by atoms with Gasteiger partial charge >= 0.3 is 0 Å². The van der Waals surface area contributed by atoms with Crippen molar-refractivity contribution < 1.29 is 4.79 Å². The fourth-order valence-electron chi connectivity index (χ4n) is 1.23. The maximum absolute atomic E-state index is 11.5. The highest BCUT2D eigenvalue weighted by Crippen LogP contribution is 2.05. The smallest absolute Gasteiger partial charge is 0.237 e. The van der Waals surface area contributed by atoms with Crippen molar-refractivity contribution in [2.75, 3.05) is 0 Å². The molecular formula is C10H14N4O. The maximum Gasteiger partial charge on any atom is 0.237 e. The second kappa shape index (κ2) is 5.81. The molecule has 1 heterocycles. The Kier molecular flexibility index (Phi) is 4.35. The molecule has 0 bridgehead atoms. The minimum atomic E-state index is -0.540. The van der Waals surface area contributed by atoms with Crippen LogP contribution < -0.4 is 5.32 Å². The van der Waals surface area contributed by atoms with Crippen LogP contribution in [0.15, 0.2) is 12.4 Å². The molecule has 1 rings (SSSR count). The standard InChI is InChI=1S/C10H14N4O/c1-2-3-9(4-11)10(15)12-5-8-6-13-14-7-8/h6-7,9H,2-3,5H2,1H3,(H,12,15)(H,13,14). The summed E-state index contributed by atoms with van der Waals surface area (Å²) in [6.07, 6.45) is 4.79. The molecular weight excluding hydrogens is 192 g/mol. The van der Waals surface area contributed by atoms with E-state index in [1.54, 1.807) is 12.4 Å². The number of nitrogens with one attached hydrogen (secondary N) is 2. The molecule has 1 aromatic heterocycles. The van der Waals surface area contributed by atoms with Crippen LogP contribution in [0.3, 0.4) is 0 Å². The fraction of sp³-hybridized carbons (Fsp3) is 0.500. The van der Waals surface area contributed by atoms with Crippen LogP contribution in [0.5, 0.6) is 0 Å². The Hall–Kier alpha value is -1.83. The number of nitriles is 1. The minimum Gasteiger partial charge on any atom is -0.351 e. The lowest BCUT2D eigenvalue weighted by molar-refractivity contribution is -0.123. The molecule has 5 nitrogen and oxygen atoms in total. The first kappa shape index (κ1) is 11.2. The summed E-state index contributed by atoms with van der Waals surface area (Å²) in [5, 5.41) is 17.9. The molecule has 2 N–H and O–H groups in total. The Bertz CT molecular complexity index is 339. The van der Waals surface area contributed by atoms with Gasteiger partial charge in [-0.1, -0.05) is 13.3 Å². The molecule has 1 amide bonds. The largest absolute Gasteiger partial charge is 0.351 e. The van der Waals surface area contributed by atoms with E-state index in [0.29, 0.717) is 13.0 Å². The topological polar surface area (TPSA) is 81.6 Å². The van der Waals surface area contributed by atoms with Gasteiger partial charge in [0.1, 0.15) is 5.92 Å². The van der Waals surface area contributed by atoms with Crippen LogP contribution in [-0.2, 0) is 11.3 Å². The molecule has 0 radical (unpaired) electrons. The molecule has 0 saturated heterocycles. The van der Waals surface area contributed by atoms with Gasteiger partial charge < -0.3 is 5.32 Å². The molecule has 0 aliphatic carbocycles. The highest BCUT2D eigenvalue weighted by atomic mass is 16.1. The van der Waals surface area contributed by atoms with Crippen molar-refractivity contribution in [3.8, 4) is 6.07 Å². The number of amides is 1. The van der Waals surface area contributed by atoms with E-state index < -0.39 is 5.92 Å². The highest BCUT2D eigenvalue weighted by molar-refractivity contribution is 5.80. The number of hydrogen-bond acceptors (Lipinski definition) is 3. The average Bonchev–Trinajstić information content (AvgIpc) is 2.75. The summed E-state index contributed by atoms with van der Waals surface area (Å²) in [7, 11) is 0. The maximum atomic E-state index is 11.5. The van der Waals surface area contributed by atoms with Gasteiger partial charge in [0, 0.05) is 18.3 Å². The van der Waals surface area contributed by atoms with E-state index in [0.717, 1.165) is 12.0 Å². The lowest BCUT2D eigenvalue weighted by atomic mass is 10.1. The third-order valence-corrected chi connectivity index (χ3v) is 2.07. The second-order valence-corrected chi connectivity index (χ2v) is 3.29. The molecule has 0 aliphatic rings. The normalized spacial score (nSPS) is 11.7. The molecule has 1 aromatic rings. The SMILES string of the molecule is CCCC(C#N)C(=O)NCc1cn[nH]c1. The first-order valence-electron chi connectivity index (χ1n) is 4.93. The van der Waals surface area contributed by atoms with Gasteiger partial charge in [-0.3, -0.25) is 9.89 Å². The molecule has 0 saturated carbocycles. The van der Waals surface area contributed by atoms with Crippen LogP contribution >= 0.6 is 0 Å². The average molecular weight is 206 g/mol. The van der Waals surface area contributed by atoms with Crippen molar-refractivity contribution in [2.24, 2.45) is 5.92 Å². The Morgan fingerprint density at radius 3 is 3.13 bits per heavy atom. The van der Waals surface area contributed by atoms with Crippen LogP contribution in [0.4, 0.5) is 0 Å². The Morgan fingerprint density at radius 2 is 2.60 bits per heavy atom. The molecule has 0 spiro atoms. The molecule has 15 heavy (non-hydrogen) atoms. The summed E-state index contributed by atoms with van der Waals surface area (Å²) in [4.78, 5) is 11.5. The van der Waals surface area contributed by atoms with Gasteiger partial charge in [-0.15, -0.1) is 0 Å². The molecule has 80 valence electrons. The van der Waals surface area contributed by atoms with Gasteiger partial charge in [-0.25, -0.2) is 0 Å². The summed E-state index contributed by atoms with van der Waals surface area (Å²) in [5.41, 5.74) is 0.900. The van der Waals surface area contributed by atoms with Crippen molar-refractivity contribution in [1.29, 1.82) is 5.26 Å². The Morgan fingerprint density at radius 1 is 1.80 bits per heavy atom. The van der Waals surface area contributed by atoms with Crippen LogP contribution in [-0.4, -0.2) is 16.1 Å². The van der Waals surface area contributed by atoms with Gasteiger partial charge in [0.25, 0.3) is 0 Å². The number of rotatable bonds is 5. The van der Waals surface area contributed by atoms with Crippen LogP contribution in [0.1, 0.15) is 25.3 Å². The highest BCUT2D eigenvalue weighted by Gasteiger charge is 2.15. The predicted molar refractivity (Wildman–Crippen MR) is 54.4 cm³/mol.